The van der Waals surface area contributed by atoms with Crippen molar-refractivity contribution in [3.63, 3.8) is 0 Å². The maximum absolute atomic E-state index is 11.8. The summed E-state index contributed by atoms with van der Waals surface area (Å²) in [5, 5.41) is 0. The highest BCUT2D eigenvalue weighted by molar-refractivity contribution is 5.93. The number of amides is 1. The molecule has 3 heterocycles. The van der Waals surface area contributed by atoms with Crippen molar-refractivity contribution in [2.45, 2.75) is 26.7 Å². The van der Waals surface area contributed by atoms with E-state index in [0.29, 0.717) is 0 Å². The van der Waals surface area contributed by atoms with E-state index >= 15 is 0 Å². The predicted molar refractivity (Wildman–Crippen MR) is 91.7 cm³/mol. The van der Waals surface area contributed by atoms with Crippen LogP contribution in [0.5, 0.6) is 0 Å². The summed E-state index contributed by atoms with van der Waals surface area (Å²) in [5.74, 6) is 0.113. The van der Waals surface area contributed by atoms with E-state index in [0.717, 1.165) is 42.0 Å². The normalized spacial score (nSPS) is 14.1. The molecule has 4 rings (SSSR count). The highest BCUT2D eigenvalue weighted by Gasteiger charge is 2.20. The summed E-state index contributed by atoms with van der Waals surface area (Å²) in [4.78, 5) is 18.4. The number of benzene rings is 1. The van der Waals surface area contributed by atoms with Crippen LogP contribution in [-0.2, 0) is 11.2 Å². The number of carbonyl (C=O) groups is 1. The molecule has 0 bridgehead atoms. The minimum absolute atomic E-state index is 0.113. The third-order valence-corrected chi connectivity index (χ3v) is 4.49. The van der Waals surface area contributed by atoms with Gasteiger partial charge in [0.1, 0.15) is 5.65 Å². The highest BCUT2D eigenvalue weighted by atomic mass is 16.2. The number of hydrogen-bond acceptors (Lipinski definition) is 2. The van der Waals surface area contributed by atoms with Crippen molar-refractivity contribution in [2.75, 3.05) is 11.4 Å². The summed E-state index contributed by atoms with van der Waals surface area (Å²) < 4.78 is 2.05. The number of imidazole rings is 1. The Kier molecular flexibility index (Phi) is 3.18. The van der Waals surface area contributed by atoms with E-state index in [1.165, 1.54) is 11.1 Å². The van der Waals surface area contributed by atoms with Crippen LogP contribution in [0.2, 0.25) is 0 Å². The number of hydrogen-bond donors (Lipinski definition) is 0. The second kappa shape index (κ2) is 5.23. The first-order valence-corrected chi connectivity index (χ1v) is 7.98. The minimum Gasteiger partial charge on any atom is -0.312 e. The van der Waals surface area contributed by atoms with Crippen LogP contribution in [0.1, 0.15) is 24.5 Å². The van der Waals surface area contributed by atoms with Gasteiger partial charge in [-0.05, 0) is 55.2 Å². The van der Waals surface area contributed by atoms with E-state index in [1.54, 1.807) is 6.92 Å². The van der Waals surface area contributed by atoms with Gasteiger partial charge in [0.25, 0.3) is 0 Å². The Morgan fingerprint density at radius 2 is 2.09 bits per heavy atom. The number of anilines is 1. The number of pyridine rings is 1. The molecule has 3 aromatic rings. The molecule has 0 saturated heterocycles. The molecule has 1 aliphatic rings. The zero-order chi connectivity index (χ0) is 16.0. The zero-order valence-electron chi connectivity index (χ0n) is 13.4. The fourth-order valence-electron chi connectivity index (χ4n) is 3.31. The van der Waals surface area contributed by atoms with Crippen molar-refractivity contribution in [1.29, 1.82) is 0 Å². The second-order valence-corrected chi connectivity index (χ2v) is 6.21. The van der Waals surface area contributed by atoms with Crippen LogP contribution in [0.15, 0.2) is 42.7 Å². The molecule has 0 atom stereocenters. The molecule has 2 aromatic heterocycles. The first-order valence-electron chi connectivity index (χ1n) is 7.98. The maximum Gasteiger partial charge on any atom is 0.223 e. The summed E-state index contributed by atoms with van der Waals surface area (Å²) in [7, 11) is 0. The number of fused-ring (bicyclic) bond motifs is 2. The van der Waals surface area contributed by atoms with Crippen LogP contribution < -0.4 is 4.90 Å². The SMILES string of the molecule is CC(=O)N1CCCc2cc(-c3cn4ccc(C)cc4n3)ccc21. The Hall–Kier alpha value is -2.62. The van der Waals surface area contributed by atoms with Gasteiger partial charge in [0.15, 0.2) is 0 Å². The maximum atomic E-state index is 11.8. The Labute approximate surface area is 135 Å². The molecule has 0 spiro atoms. The second-order valence-electron chi connectivity index (χ2n) is 6.21. The van der Waals surface area contributed by atoms with Gasteiger partial charge in [-0.25, -0.2) is 4.98 Å². The molecule has 0 saturated carbocycles. The Morgan fingerprint density at radius 1 is 1.22 bits per heavy atom. The average molecular weight is 305 g/mol. The van der Waals surface area contributed by atoms with Gasteiger partial charge in [0.2, 0.25) is 5.91 Å². The van der Waals surface area contributed by atoms with Gasteiger partial charge in [-0.2, -0.15) is 0 Å². The average Bonchev–Trinajstić information content (AvgIpc) is 2.96. The van der Waals surface area contributed by atoms with Gasteiger partial charge in [0.05, 0.1) is 5.69 Å². The van der Waals surface area contributed by atoms with E-state index in [-0.39, 0.29) is 5.91 Å². The van der Waals surface area contributed by atoms with Crippen LogP contribution >= 0.6 is 0 Å². The molecule has 1 aliphatic heterocycles. The van der Waals surface area contributed by atoms with E-state index in [1.807, 2.05) is 15.5 Å². The Bertz CT molecular complexity index is 910. The van der Waals surface area contributed by atoms with Crippen molar-refractivity contribution in [3.05, 3.63) is 53.9 Å². The zero-order valence-corrected chi connectivity index (χ0v) is 13.4. The summed E-state index contributed by atoms with van der Waals surface area (Å²) >= 11 is 0. The monoisotopic (exact) mass is 305 g/mol. The molecule has 0 radical (unpaired) electrons. The summed E-state index contributed by atoms with van der Waals surface area (Å²) in [6.45, 7) is 4.52. The largest absolute Gasteiger partial charge is 0.312 e. The summed E-state index contributed by atoms with van der Waals surface area (Å²) in [6.07, 6.45) is 6.12. The first kappa shape index (κ1) is 14.0. The van der Waals surface area contributed by atoms with Crippen molar-refractivity contribution in [1.82, 2.24) is 9.38 Å². The molecule has 1 amide bonds. The standard InChI is InChI=1S/C19H19N3O/c1-13-7-9-21-12-17(20-19(21)10-13)15-5-6-18-16(11-15)4-3-8-22(18)14(2)23/h5-7,9-12H,3-4,8H2,1-2H3. The van der Waals surface area contributed by atoms with Crippen LogP contribution in [-0.4, -0.2) is 21.8 Å². The lowest BCUT2D eigenvalue weighted by Gasteiger charge is -2.28. The van der Waals surface area contributed by atoms with Gasteiger partial charge in [0, 0.05) is 37.1 Å². The van der Waals surface area contributed by atoms with Crippen LogP contribution in [0.25, 0.3) is 16.9 Å². The van der Waals surface area contributed by atoms with Crippen molar-refractivity contribution < 1.29 is 4.79 Å². The molecule has 0 aliphatic carbocycles. The lowest BCUT2D eigenvalue weighted by Crippen LogP contribution is -2.33. The van der Waals surface area contributed by atoms with Crippen molar-refractivity contribution in [3.8, 4) is 11.3 Å². The number of aromatic nitrogens is 2. The third-order valence-electron chi connectivity index (χ3n) is 4.49. The number of nitrogens with zero attached hydrogens (tertiary/aromatic N) is 3. The van der Waals surface area contributed by atoms with Crippen LogP contribution in [0.3, 0.4) is 0 Å². The predicted octanol–water partition coefficient (Wildman–Crippen LogP) is 3.61. The summed E-state index contributed by atoms with van der Waals surface area (Å²) in [5.41, 5.74) is 6.53. The summed E-state index contributed by atoms with van der Waals surface area (Å²) in [6, 6.07) is 10.5. The van der Waals surface area contributed by atoms with Crippen molar-refractivity contribution in [2.24, 2.45) is 0 Å². The van der Waals surface area contributed by atoms with Gasteiger partial charge in [-0.3, -0.25) is 4.79 Å². The highest BCUT2D eigenvalue weighted by Crippen LogP contribution is 2.31. The molecule has 1 aromatic carbocycles. The number of carbonyl (C=O) groups excluding carboxylic acids is 1. The quantitative estimate of drug-likeness (QED) is 0.689. The molecule has 4 heteroatoms. The van der Waals surface area contributed by atoms with E-state index in [4.69, 9.17) is 4.98 Å². The van der Waals surface area contributed by atoms with E-state index in [2.05, 4.69) is 43.5 Å². The molecular formula is C19H19N3O. The van der Waals surface area contributed by atoms with Gasteiger partial charge < -0.3 is 9.30 Å². The minimum atomic E-state index is 0.113. The third kappa shape index (κ3) is 2.40. The van der Waals surface area contributed by atoms with E-state index < -0.39 is 0 Å². The van der Waals surface area contributed by atoms with Gasteiger partial charge in [-0.1, -0.05) is 6.07 Å². The molecule has 0 unspecified atom stereocenters. The fourth-order valence-corrected chi connectivity index (χ4v) is 3.31. The fraction of sp³-hybridized carbons (Fsp3) is 0.263. The first-order chi connectivity index (χ1) is 11.1. The topological polar surface area (TPSA) is 37.6 Å². The molecular weight excluding hydrogens is 286 g/mol. The molecule has 4 nitrogen and oxygen atoms in total. The van der Waals surface area contributed by atoms with E-state index in [9.17, 15) is 4.79 Å². The number of rotatable bonds is 1. The van der Waals surface area contributed by atoms with Crippen LogP contribution in [0.4, 0.5) is 5.69 Å². The molecule has 0 fully saturated rings. The van der Waals surface area contributed by atoms with Gasteiger partial charge >= 0.3 is 0 Å². The lowest BCUT2D eigenvalue weighted by atomic mass is 9.98. The van der Waals surface area contributed by atoms with Crippen LogP contribution in [0, 0.1) is 6.92 Å². The molecule has 116 valence electrons. The molecule has 23 heavy (non-hydrogen) atoms. The van der Waals surface area contributed by atoms with Gasteiger partial charge in [-0.15, -0.1) is 0 Å². The Balaban J connectivity index is 1.78. The molecule has 0 N–H and O–H groups in total. The smallest absolute Gasteiger partial charge is 0.223 e. The number of aryl methyl sites for hydroxylation is 2. The van der Waals surface area contributed by atoms with Crippen molar-refractivity contribution >= 4 is 17.2 Å². The lowest BCUT2D eigenvalue weighted by molar-refractivity contribution is -0.116. The Morgan fingerprint density at radius 3 is 2.91 bits per heavy atom.